The molecule has 0 unspecified atom stereocenters. The van der Waals surface area contributed by atoms with Crippen LogP contribution in [-0.2, 0) is 0 Å². The molecule has 1 aromatic heterocycles. The average molecular weight is 323 g/mol. The summed E-state index contributed by atoms with van der Waals surface area (Å²) >= 11 is 3.64. The molecule has 0 aliphatic carbocycles. The van der Waals surface area contributed by atoms with E-state index in [-0.39, 0.29) is 0 Å². The van der Waals surface area contributed by atoms with E-state index in [1.807, 2.05) is 36.4 Å². The van der Waals surface area contributed by atoms with Crippen LogP contribution in [0.4, 0.5) is 0 Å². The highest BCUT2D eigenvalue weighted by molar-refractivity contribution is 9.10. The molecule has 0 bridgehead atoms. The topological polar surface area (TPSA) is 13.1 Å². The van der Waals surface area contributed by atoms with Crippen molar-refractivity contribution in [1.29, 1.82) is 0 Å². The highest BCUT2D eigenvalue weighted by atomic mass is 79.9. The molecule has 0 fully saturated rings. The van der Waals surface area contributed by atoms with Gasteiger partial charge in [0, 0.05) is 20.8 Å². The number of furan rings is 1. The Morgan fingerprint density at radius 3 is 2.35 bits per heavy atom. The van der Waals surface area contributed by atoms with Gasteiger partial charge in [-0.25, -0.2) is 0 Å². The van der Waals surface area contributed by atoms with Crippen molar-refractivity contribution in [2.75, 3.05) is 0 Å². The molecular formula is C18H11BrO. The summed E-state index contributed by atoms with van der Waals surface area (Å²) in [6.45, 7) is 0. The summed E-state index contributed by atoms with van der Waals surface area (Å²) < 4.78 is 7.16. The van der Waals surface area contributed by atoms with Crippen LogP contribution in [0.2, 0.25) is 0 Å². The molecule has 0 amide bonds. The van der Waals surface area contributed by atoms with E-state index in [1.54, 1.807) is 0 Å². The first kappa shape index (κ1) is 11.7. The summed E-state index contributed by atoms with van der Waals surface area (Å²) in [6, 6.07) is 22.7. The van der Waals surface area contributed by atoms with Crippen LogP contribution in [0.5, 0.6) is 0 Å². The molecule has 4 aromatic rings. The third-order valence-electron chi connectivity index (χ3n) is 3.56. The van der Waals surface area contributed by atoms with Gasteiger partial charge >= 0.3 is 0 Å². The average Bonchev–Trinajstić information content (AvgIpc) is 2.88. The second kappa shape index (κ2) is 4.50. The normalized spacial score (nSPS) is 11.2. The van der Waals surface area contributed by atoms with Crippen molar-refractivity contribution in [2.45, 2.75) is 0 Å². The first-order valence-corrected chi connectivity index (χ1v) is 7.29. The Morgan fingerprint density at radius 2 is 1.50 bits per heavy atom. The number of halogens is 1. The fourth-order valence-electron chi connectivity index (χ4n) is 2.63. The zero-order chi connectivity index (χ0) is 13.5. The fraction of sp³-hybridized carbons (Fsp3) is 0. The molecule has 3 aromatic carbocycles. The molecule has 4 rings (SSSR count). The number of fused-ring (bicyclic) bond motifs is 3. The third-order valence-corrected chi connectivity index (χ3v) is 4.22. The van der Waals surface area contributed by atoms with Gasteiger partial charge < -0.3 is 4.42 Å². The van der Waals surface area contributed by atoms with E-state index >= 15 is 0 Å². The van der Waals surface area contributed by atoms with Gasteiger partial charge in [0.1, 0.15) is 11.2 Å². The van der Waals surface area contributed by atoms with E-state index in [1.165, 1.54) is 5.56 Å². The number of hydrogen-bond donors (Lipinski definition) is 0. The summed E-state index contributed by atoms with van der Waals surface area (Å²) in [6.07, 6.45) is 0. The molecule has 0 spiro atoms. The molecule has 0 saturated carbocycles. The van der Waals surface area contributed by atoms with Gasteiger partial charge in [-0.3, -0.25) is 0 Å². The molecule has 1 heterocycles. The molecule has 0 N–H and O–H groups in total. The van der Waals surface area contributed by atoms with Gasteiger partial charge in [-0.2, -0.15) is 0 Å². The predicted molar refractivity (Wildman–Crippen MR) is 86.9 cm³/mol. The van der Waals surface area contributed by atoms with Gasteiger partial charge in [-0.05, 0) is 23.8 Å². The van der Waals surface area contributed by atoms with Gasteiger partial charge in [0.15, 0.2) is 0 Å². The van der Waals surface area contributed by atoms with Crippen molar-refractivity contribution >= 4 is 37.9 Å². The summed E-state index contributed by atoms with van der Waals surface area (Å²) in [5.41, 5.74) is 4.16. The van der Waals surface area contributed by atoms with E-state index in [4.69, 9.17) is 4.42 Å². The van der Waals surface area contributed by atoms with E-state index < -0.39 is 0 Å². The van der Waals surface area contributed by atoms with Crippen LogP contribution in [0.1, 0.15) is 0 Å². The standard InChI is InChI=1S/C18H11BrO/c19-15-11-10-13(12-6-2-1-3-7-12)18-17(15)14-8-4-5-9-16(14)20-18/h1-11H. The van der Waals surface area contributed by atoms with Crippen LogP contribution in [0.15, 0.2) is 75.6 Å². The maximum atomic E-state index is 6.09. The van der Waals surface area contributed by atoms with Crippen molar-refractivity contribution in [2.24, 2.45) is 0 Å². The van der Waals surface area contributed by atoms with Crippen molar-refractivity contribution in [3.05, 3.63) is 71.2 Å². The largest absolute Gasteiger partial charge is 0.455 e. The molecule has 1 nitrogen and oxygen atoms in total. The quantitative estimate of drug-likeness (QED) is 0.418. The SMILES string of the molecule is Brc1ccc(-c2ccccc2)c2oc3ccccc3c12. The molecule has 96 valence electrons. The van der Waals surface area contributed by atoms with Crippen molar-refractivity contribution in [1.82, 2.24) is 0 Å². The zero-order valence-electron chi connectivity index (χ0n) is 10.6. The number of hydrogen-bond acceptors (Lipinski definition) is 1. The Labute approximate surface area is 125 Å². The first-order valence-electron chi connectivity index (χ1n) is 6.50. The predicted octanol–water partition coefficient (Wildman–Crippen LogP) is 6.02. The molecular weight excluding hydrogens is 312 g/mol. The second-order valence-corrected chi connectivity index (χ2v) is 5.62. The van der Waals surface area contributed by atoms with Gasteiger partial charge in [0.05, 0.1) is 0 Å². The Morgan fingerprint density at radius 1 is 0.750 bits per heavy atom. The third kappa shape index (κ3) is 1.69. The van der Waals surface area contributed by atoms with Gasteiger partial charge in [0.2, 0.25) is 0 Å². The van der Waals surface area contributed by atoms with E-state index in [2.05, 4.69) is 46.3 Å². The van der Waals surface area contributed by atoms with E-state index in [0.717, 1.165) is 32.0 Å². The van der Waals surface area contributed by atoms with Crippen molar-refractivity contribution < 1.29 is 4.42 Å². The Balaban J connectivity index is 2.16. The van der Waals surface area contributed by atoms with Gasteiger partial charge in [0.25, 0.3) is 0 Å². The summed E-state index contributed by atoms with van der Waals surface area (Å²) in [7, 11) is 0. The van der Waals surface area contributed by atoms with Crippen molar-refractivity contribution in [3.8, 4) is 11.1 Å². The van der Waals surface area contributed by atoms with Gasteiger partial charge in [-0.15, -0.1) is 0 Å². The first-order chi connectivity index (χ1) is 9.84. The maximum Gasteiger partial charge on any atom is 0.144 e. The zero-order valence-corrected chi connectivity index (χ0v) is 12.2. The minimum atomic E-state index is 0.923. The van der Waals surface area contributed by atoms with Crippen LogP contribution < -0.4 is 0 Å². The maximum absolute atomic E-state index is 6.09. The highest BCUT2D eigenvalue weighted by Crippen LogP contribution is 2.39. The molecule has 0 radical (unpaired) electrons. The fourth-order valence-corrected chi connectivity index (χ4v) is 3.16. The molecule has 0 aliphatic rings. The Hall–Kier alpha value is -2.06. The number of para-hydroxylation sites is 1. The van der Waals surface area contributed by atoms with E-state index in [9.17, 15) is 0 Å². The van der Waals surface area contributed by atoms with Crippen LogP contribution >= 0.6 is 15.9 Å². The van der Waals surface area contributed by atoms with Crippen LogP contribution in [0, 0.1) is 0 Å². The minimum Gasteiger partial charge on any atom is -0.455 e. The number of rotatable bonds is 1. The van der Waals surface area contributed by atoms with Crippen LogP contribution in [-0.4, -0.2) is 0 Å². The molecule has 0 aliphatic heterocycles. The smallest absolute Gasteiger partial charge is 0.144 e. The Bertz CT molecular complexity index is 907. The lowest BCUT2D eigenvalue weighted by Crippen LogP contribution is -1.79. The lowest BCUT2D eigenvalue weighted by Gasteiger charge is -2.03. The van der Waals surface area contributed by atoms with Crippen molar-refractivity contribution in [3.63, 3.8) is 0 Å². The lowest BCUT2D eigenvalue weighted by atomic mass is 10.0. The minimum absolute atomic E-state index is 0.923. The molecule has 0 atom stereocenters. The molecule has 2 heteroatoms. The number of benzene rings is 3. The second-order valence-electron chi connectivity index (χ2n) is 4.76. The highest BCUT2D eigenvalue weighted by Gasteiger charge is 2.14. The summed E-state index contributed by atoms with van der Waals surface area (Å²) in [5, 5.41) is 2.29. The molecule has 0 saturated heterocycles. The summed E-state index contributed by atoms with van der Waals surface area (Å²) in [5.74, 6) is 0. The van der Waals surface area contributed by atoms with Crippen LogP contribution in [0.3, 0.4) is 0 Å². The van der Waals surface area contributed by atoms with Crippen LogP contribution in [0.25, 0.3) is 33.1 Å². The molecule has 20 heavy (non-hydrogen) atoms. The van der Waals surface area contributed by atoms with Gasteiger partial charge in [-0.1, -0.05) is 64.5 Å². The summed E-state index contributed by atoms with van der Waals surface area (Å²) in [4.78, 5) is 0. The lowest BCUT2D eigenvalue weighted by molar-refractivity contribution is 0.670. The Kier molecular flexibility index (Phi) is 2.64. The van der Waals surface area contributed by atoms with E-state index in [0.29, 0.717) is 0 Å². The monoisotopic (exact) mass is 322 g/mol.